The number of pyridine rings is 1. The molecule has 0 spiro atoms. The minimum Gasteiger partial charge on any atom is -0.340 e. The zero-order valence-corrected chi connectivity index (χ0v) is 14.7. The van der Waals surface area contributed by atoms with Gasteiger partial charge in [0, 0.05) is 38.3 Å². The average Bonchev–Trinajstić information content (AvgIpc) is 3.11. The van der Waals surface area contributed by atoms with Crippen molar-refractivity contribution in [1.29, 1.82) is 0 Å². The second kappa shape index (κ2) is 6.89. The molecule has 2 aliphatic rings. The maximum atomic E-state index is 12.8. The zero-order chi connectivity index (χ0) is 17.3. The second-order valence-corrected chi connectivity index (χ2v) is 7.25. The van der Waals surface area contributed by atoms with Crippen LogP contribution in [0, 0.1) is 11.8 Å². The Morgan fingerprint density at radius 3 is 2.71 bits per heavy atom. The lowest BCUT2D eigenvalue weighted by Crippen LogP contribution is -2.38. The van der Waals surface area contributed by atoms with Gasteiger partial charge in [0.05, 0.1) is 18.2 Å². The maximum Gasteiger partial charge on any atom is 0.228 e. The Morgan fingerprint density at radius 2 is 2.08 bits per heavy atom. The third kappa shape index (κ3) is 3.43. The van der Waals surface area contributed by atoms with Gasteiger partial charge in [0.2, 0.25) is 11.8 Å². The molecule has 0 aromatic carbocycles. The van der Waals surface area contributed by atoms with Crippen molar-refractivity contribution in [1.82, 2.24) is 19.7 Å². The molecular formula is C18H26N4O2. The fourth-order valence-corrected chi connectivity index (χ4v) is 3.84. The number of likely N-dealkylation sites (tertiary alicyclic amines) is 2. The molecule has 0 bridgehead atoms. The molecule has 2 fully saturated rings. The van der Waals surface area contributed by atoms with Crippen LogP contribution in [-0.2, 0) is 16.1 Å². The van der Waals surface area contributed by atoms with Crippen molar-refractivity contribution in [2.24, 2.45) is 11.8 Å². The second-order valence-electron chi connectivity index (χ2n) is 7.25. The summed E-state index contributed by atoms with van der Waals surface area (Å²) < 4.78 is 0. The van der Waals surface area contributed by atoms with E-state index in [4.69, 9.17) is 0 Å². The first-order valence-electron chi connectivity index (χ1n) is 8.58. The molecule has 0 unspecified atom stereocenters. The molecular weight excluding hydrogens is 304 g/mol. The van der Waals surface area contributed by atoms with Crippen LogP contribution in [0.15, 0.2) is 24.4 Å². The van der Waals surface area contributed by atoms with E-state index in [-0.39, 0.29) is 17.7 Å². The lowest BCUT2D eigenvalue weighted by atomic mass is 10.1. The molecule has 2 aliphatic heterocycles. The molecule has 0 N–H and O–H groups in total. The molecule has 1 aromatic rings. The molecule has 0 radical (unpaired) electrons. The Morgan fingerprint density at radius 1 is 1.29 bits per heavy atom. The average molecular weight is 330 g/mol. The first-order chi connectivity index (χ1) is 11.5. The van der Waals surface area contributed by atoms with E-state index >= 15 is 0 Å². The van der Waals surface area contributed by atoms with Crippen LogP contribution in [0.2, 0.25) is 0 Å². The number of carbonyl (C=O) groups excluding carboxylic acids is 2. The number of likely N-dealkylation sites (N-methyl/N-ethyl adjacent to an activating group) is 1. The van der Waals surface area contributed by atoms with E-state index in [1.165, 1.54) is 0 Å². The van der Waals surface area contributed by atoms with E-state index in [1.807, 2.05) is 23.1 Å². The van der Waals surface area contributed by atoms with Crippen LogP contribution in [0.5, 0.6) is 0 Å². The highest BCUT2D eigenvalue weighted by molar-refractivity contribution is 5.89. The van der Waals surface area contributed by atoms with Crippen molar-refractivity contribution < 1.29 is 9.59 Å². The molecule has 1 aromatic heterocycles. The van der Waals surface area contributed by atoms with Crippen molar-refractivity contribution in [3.05, 3.63) is 30.1 Å². The van der Waals surface area contributed by atoms with Gasteiger partial charge < -0.3 is 14.7 Å². The predicted octanol–water partition coefficient (Wildman–Crippen LogP) is 0.839. The molecule has 6 heteroatoms. The number of aromatic nitrogens is 1. The molecule has 6 nitrogen and oxygen atoms in total. The molecule has 2 saturated heterocycles. The van der Waals surface area contributed by atoms with Gasteiger partial charge in [-0.3, -0.25) is 14.6 Å². The van der Waals surface area contributed by atoms with Gasteiger partial charge in [-0.15, -0.1) is 0 Å². The van der Waals surface area contributed by atoms with E-state index in [2.05, 4.69) is 30.9 Å². The Hall–Kier alpha value is -1.95. The van der Waals surface area contributed by atoms with E-state index in [0.29, 0.717) is 31.5 Å². The predicted molar refractivity (Wildman–Crippen MR) is 91.0 cm³/mol. The van der Waals surface area contributed by atoms with Crippen LogP contribution >= 0.6 is 0 Å². The summed E-state index contributed by atoms with van der Waals surface area (Å²) in [5.41, 5.74) is 0.862. The molecule has 2 amide bonds. The van der Waals surface area contributed by atoms with Crippen LogP contribution < -0.4 is 0 Å². The quantitative estimate of drug-likeness (QED) is 0.821. The summed E-state index contributed by atoms with van der Waals surface area (Å²) in [6.45, 7) is 4.72. The van der Waals surface area contributed by atoms with E-state index in [0.717, 1.165) is 18.8 Å². The zero-order valence-electron chi connectivity index (χ0n) is 14.7. The fourth-order valence-electron chi connectivity index (χ4n) is 3.84. The fraction of sp³-hybridized carbons (Fsp3) is 0.611. The third-order valence-corrected chi connectivity index (χ3v) is 5.19. The smallest absolute Gasteiger partial charge is 0.228 e. The van der Waals surface area contributed by atoms with Gasteiger partial charge in [-0.25, -0.2) is 0 Å². The Bertz CT molecular complexity index is 604. The van der Waals surface area contributed by atoms with Crippen molar-refractivity contribution in [3.8, 4) is 0 Å². The lowest BCUT2D eigenvalue weighted by molar-refractivity contribution is -0.135. The summed E-state index contributed by atoms with van der Waals surface area (Å²) in [6.07, 6.45) is 2.05. The van der Waals surface area contributed by atoms with Gasteiger partial charge in [0.25, 0.3) is 0 Å². The number of rotatable bonds is 4. The number of carbonyl (C=O) groups is 2. The van der Waals surface area contributed by atoms with Gasteiger partial charge >= 0.3 is 0 Å². The van der Waals surface area contributed by atoms with Gasteiger partial charge in [-0.2, -0.15) is 0 Å². The molecule has 130 valence electrons. The molecule has 0 aliphatic carbocycles. The molecule has 24 heavy (non-hydrogen) atoms. The van der Waals surface area contributed by atoms with Gasteiger partial charge in [0.15, 0.2) is 0 Å². The number of amides is 2. The molecule has 3 atom stereocenters. The van der Waals surface area contributed by atoms with Gasteiger partial charge in [-0.05, 0) is 32.1 Å². The number of nitrogens with zero attached hydrogens (tertiary/aromatic N) is 4. The largest absolute Gasteiger partial charge is 0.340 e. The Kier molecular flexibility index (Phi) is 4.85. The number of hydrogen-bond donors (Lipinski definition) is 0. The topological polar surface area (TPSA) is 56.8 Å². The first kappa shape index (κ1) is 16.9. The van der Waals surface area contributed by atoms with Crippen molar-refractivity contribution >= 4 is 11.8 Å². The van der Waals surface area contributed by atoms with Crippen molar-refractivity contribution in [2.45, 2.75) is 25.9 Å². The summed E-state index contributed by atoms with van der Waals surface area (Å²) in [6, 6.07) is 6.08. The van der Waals surface area contributed by atoms with Crippen LogP contribution in [0.4, 0.5) is 0 Å². The summed E-state index contributed by atoms with van der Waals surface area (Å²) >= 11 is 0. The summed E-state index contributed by atoms with van der Waals surface area (Å²) in [5, 5.41) is 0. The lowest BCUT2D eigenvalue weighted by Gasteiger charge is -2.23. The van der Waals surface area contributed by atoms with Crippen LogP contribution in [-0.4, -0.2) is 71.3 Å². The normalized spacial score (nSPS) is 27.3. The SMILES string of the molecule is C[C@@H]1CN(C(=O)[C@H]2CC(=O)N(Cc3ccccn3)C2)C[C@@H]1N(C)C. The summed E-state index contributed by atoms with van der Waals surface area (Å²) in [4.78, 5) is 35.2. The molecule has 3 rings (SSSR count). The number of hydrogen-bond acceptors (Lipinski definition) is 4. The monoisotopic (exact) mass is 330 g/mol. The summed E-state index contributed by atoms with van der Waals surface area (Å²) in [7, 11) is 4.12. The first-order valence-corrected chi connectivity index (χ1v) is 8.58. The van der Waals surface area contributed by atoms with Crippen molar-refractivity contribution in [2.75, 3.05) is 33.7 Å². The summed E-state index contributed by atoms with van der Waals surface area (Å²) in [5.74, 6) is 0.429. The third-order valence-electron chi connectivity index (χ3n) is 5.19. The van der Waals surface area contributed by atoms with E-state index < -0.39 is 0 Å². The van der Waals surface area contributed by atoms with Crippen LogP contribution in [0.3, 0.4) is 0 Å². The van der Waals surface area contributed by atoms with E-state index in [9.17, 15) is 9.59 Å². The standard InChI is InChI=1S/C18H26N4O2/c1-13-9-22(12-16(13)20(2)3)18(24)14-8-17(23)21(10-14)11-15-6-4-5-7-19-15/h4-7,13-14,16H,8-12H2,1-3H3/t13-,14+,16+/m1/s1. The Balaban J connectivity index is 1.60. The maximum absolute atomic E-state index is 12.8. The highest BCUT2D eigenvalue weighted by atomic mass is 16.2. The minimum absolute atomic E-state index is 0.0513. The van der Waals surface area contributed by atoms with Crippen LogP contribution in [0.1, 0.15) is 19.0 Å². The van der Waals surface area contributed by atoms with Crippen LogP contribution in [0.25, 0.3) is 0 Å². The van der Waals surface area contributed by atoms with Gasteiger partial charge in [-0.1, -0.05) is 13.0 Å². The minimum atomic E-state index is -0.214. The van der Waals surface area contributed by atoms with Crippen molar-refractivity contribution in [3.63, 3.8) is 0 Å². The Labute approximate surface area is 143 Å². The highest BCUT2D eigenvalue weighted by Gasteiger charge is 2.40. The van der Waals surface area contributed by atoms with E-state index in [1.54, 1.807) is 11.1 Å². The molecule has 3 heterocycles. The highest BCUT2D eigenvalue weighted by Crippen LogP contribution is 2.26. The van der Waals surface area contributed by atoms with Gasteiger partial charge in [0.1, 0.15) is 0 Å². The molecule has 0 saturated carbocycles.